The lowest BCUT2D eigenvalue weighted by atomic mass is 10.0. The molecule has 0 atom stereocenters. The number of carbonyl (C=O) groups excluding carboxylic acids is 1. The molecule has 1 fully saturated rings. The van der Waals surface area contributed by atoms with Gasteiger partial charge >= 0.3 is 0 Å². The van der Waals surface area contributed by atoms with Crippen molar-refractivity contribution in [1.29, 1.82) is 0 Å². The van der Waals surface area contributed by atoms with Crippen LogP contribution in [0, 0.1) is 0 Å². The summed E-state index contributed by atoms with van der Waals surface area (Å²) in [5.41, 5.74) is 10.5. The molecular formula is C10H22N4O. The van der Waals surface area contributed by atoms with Gasteiger partial charge in [0, 0.05) is 39.3 Å². The lowest BCUT2D eigenvalue weighted by Gasteiger charge is -2.37. The van der Waals surface area contributed by atoms with Crippen LogP contribution in [-0.2, 0) is 4.79 Å². The van der Waals surface area contributed by atoms with E-state index in [-0.39, 0.29) is 5.91 Å². The second kappa shape index (κ2) is 4.92. The second-order valence-corrected chi connectivity index (χ2v) is 4.64. The van der Waals surface area contributed by atoms with Crippen LogP contribution >= 0.6 is 0 Å². The van der Waals surface area contributed by atoms with E-state index in [0.717, 1.165) is 32.7 Å². The average Bonchev–Trinajstić information content (AvgIpc) is 2.17. The second-order valence-electron chi connectivity index (χ2n) is 4.64. The van der Waals surface area contributed by atoms with Crippen LogP contribution in [0.2, 0.25) is 0 Å². The summed E-state index contributed by atoms with van der Waals surface area (Å²) in [5.74, 6) is 0.0369. The molecule has 1 aliphatic rings. The summed E-state index contributed by atoms with van der Waals surface area (Å²) in [4.78, 5) is 16.0. The Labute approximate surface area is 91.4 Å². The summed E-state index contributed by atoms with van der Waals surface area (Å²) >= 11 is 0. The molecule has 0 aromatic carbocycles. The molecule has 4 N–H and O–H groups in total. The largest absolute Gasteiger partial charge is 0.339 e. The lowest BCUT2D eigenvalue weighted by Crippen LogP contribution is -2.57. The number of hydrogen-bond acceptors (Lipinski definition) is 4. The fourth-order valence-electron chi connectivity index (χ4n) is 1.76. The number of rotatable bonds is 3. The number of nitrogens with zero attached hydrogens (tertiary/aromatic N) is 2. The Morgan fingerprint density at radius 3 is 2.20 bits per heavy atom. The van der Waals surface area contributed by atoms with Crippen molar-refractivity contribution < 1.29 is 4.79 Å². The minimum absolute atomic E-state index is 0.0369. The normalized spacial score (nSPS) is 19.3. The summed E-state index contributed by atoms with van der Waals surface area (Å²) in [6.45, 7) is 8.42. The van der Waals surface area contributed by atoms with Gasteiger partial charge in [-0.05, 0) is 13.8 Å². The summed E-state index contributed by atoms with van der Waals surface area (Å²) < 4.78 is 0. The molecule has 1 rings (SSSR count). The van der Waals surface area contributed by atoms with E-state index in [1.165, 1.54) is 0 Å². The maximum absolute atomic E-state index is 11.8. The van der Waals surface area contributed by atoms with Gasteiger partial charge in [0.05, 0.1) is 5.54 Å². The van der Waals surface area contributed by atoms with Crippen LogP contribution in [0.25, 0.3) is 0 Å². The summed E-state index contributed by atoms with van der Waals surface area (Å²) in [6, 6.07) is 0. The fourth-order valence-corrected chi connectivity index (χ4v) is 1.76. The average molecular weight is 214 g/mol. The SMILES string of the molecule is CC(C)(N)C(=O)N1CCN(CCN)CC1. The van der Waals surface area contributed by atoms with Gasteiger partial charge in [0.15, 0.2) is 0 Å². The first-order chi connectivity index (χ1) is 6.95. The Morgan fingerprint density at radius 2 is 1.80 bits per heavy atom. The number of nitrogens with two attached hydrogens (primary N) is 2. The molecule has 0 radical (unpaired) electrons. The van der Waals surface area contributed by atoms with Gasteiger partial charge in [0.25, 0.3) is 0 Å². The van der Waals surface area contributed by atoms with Crippen LogP contribution in [-0.4, -0.2) is 60.5 Å². The van der Waals surface area contributed by atoms with Gasteiger partial charge in [-0.1, -0.05) is 0 Å². The van der Waals surface area contributed by atoms with E-state index >= 15 is 0 Å². The fraction of sp³-hybridized carbons (Fsp3) is 0.900. The topological polar surface area (TPSA) is 75.6 Å². The number of amides is 1. The van der Waals surface area contributed by atoms with Gasteiger partial charge < -0.3 is 16.4 Å². The zero-order chi connectivity index (χ0) is 11.5. The Kier molecular flexibility index (Phi) is 4.07. The first-order valence-electron chi connectivity index (χ1n) is 5.46. The molecule has 0 spiro atoms. The van der Waals surface area contributed by atoms with E-state index in [2.05, 4.69) is 4.90 Å². The highest BCUT2D eigenvalue weighted by atomic mass is 16.2. The van der Waals surface area contributed by atoms with Crippen molar-refractivity contribution in [3.05, 3.63) is 0 Å². The Morgan fingerprint density at radius 1 is 1.27 bits per heavy atom. The highest BCUT2D eigenvalue weighted by molar-refractivity contribution is 5.85. The molecule has 88 valence electrons. The van der Waals surface area contributed by atoms with E-state index in [1.54, 1.807) is 13.8 Å². The number of hydrogen-bond donors (Lipinski definition) is 2. The van der Waals surface area contributed by atoms with Crippen molar-refractivity contribution in [3.8, 4) is 0 Å². The molecule has 1 saturated heterocycles. The molecule has 0 bridgehead atoms. The van der Waals surface area contributed by atoms with Crippen LogP contribution in [0.4, 0.5) is 0 Å². The van der Waals surface area contributed by atoms with Gasteiger partial charge in [-0.3, -0.25) is 9.69 Å². The van der Waals surface area contributed by atoms with E-state index in [9.17, 15) is 4.79 Å². The van der Waals surface area contributed by atoms with Crippen molar-refractivity contribution in [3.63, 3.8) is 0 Å². The van der Waals surface area contributed by atoms with Crippen LogP contribution < -0.4 is 11.5 Å². The minimum Gasteiger partial charge on any atom is -0.339 e. The van der Waals surface area contributed by atoms with Crippen molar-refractivity contribution in [1.82, 2.24) is 9.80 Å². The van der Waals surface area contributed by atoms with E-state index in [0.29, 0.717) is 6.54 Å². The predicted octanol–water partition coefficient (Wildman–Crippen LogP) is -1.17. The Balaban J connectivity index is 2.41. The smallest absolute Gasteiger partial charge is 0.242 e. The van der Waals surface area contributed by atoms with Crippen molar-refractivity contribution in [2.45, 2.75) is 19.4 Å². The van der Waals surface area contributed by atoms with Crippen LogP contribution in [0.15, 0.2) is 0 Å². The third kappa shape index (κ3) is 3.44. The molecule has 1 amide bonds. The summed E-state index contributed by atoms with van der Waals surface area (Å²) in [7, 11) is 0. The monoisotopic (exact) mass is 214 g/mol. The highest BCUT2D eigenvalue weighted by Crippen LogP contribution is 2.08. The molecule has 0 unspecified atom stereocenters. The Hall–Kier alpha value is -0.650. The van der Waals surface area contributed by atoms with Gasteiger partial charge in [0.1, 0.15) is 0 Å². The third-order valence-corrected chi connectivity index (χ3v) is 2.66. The molecule has 5 heteroatoms. The van der Waals surface area contributed by atoms with Gasteiger partial charge in [-0.25, -0.2) is 0 Å². The van der Waals surface area contributed by atoms with E-state index < -0.39 is 5.54 Å². The molecule has 0 aromatic heterocycles. The molecule has 5 nitrogen and oxygen atoms in total. The predicted molar refractivity (Wildman–Crippen MR) is 60.3 cm³/mol. The van der Waals surface area contributed by atoms with Crippen LogP contribution in [0.1, 0.15) is 13.8 Å². The van der Waals surface area contributed by atoms with Gasteiger partial charge in [-0.2, -0.15) is 0 Å². The Bertz CT molecular complexity index is 216. The third-order valence-electron chi connectivity index (χ3n) is 2.66. The minimum atomic E-state index is -0.754. The quantitative estimate of drug-likeness (QED) is 0.620. The van der Waals surface area contributed by atoms with Crippen LogP contribution in [0.3, 0.4) is 0 Å². The highest BCUT2D eigenvalue weighted by Gasteiger charge is 2.29. The molecule has 1 heterocycles. The lowest BCUT2D eigenvalue weighted by molar-refractivity contribution is -0.137. The molecule has 0 aromatic rings. The summed E-state index contributed by atoms with van der Waals surface area (Å²) in [6.07, 6.45) is 0. The van der Waals surface area contributed by atoms with Crippen LogP contribution in [0.5, 0.6) is 0 Å². The van der Waals surface area contributed by atoms with Gasteiger partial charge in [0.2, 0.25) is 5.91 Å². The molecule has 0 aliphatic carbocycles. The van der Waals surface area contributed by atoms with Crippen molar-refractivity contribution in [2.24, 2.45) is 11.5 Å². The van der Waals surface area contributed by atoms with Gasteiger partial charge in [-0.15, -0.1) is 0 Å². The maximum atomic E-state index is 11.8. The molecule has 1 aliphatic heterocycles. The standard InChI is InChI=1S/C10H22N4O/c1-10(2,12)9(15)14-7-5-13(4-3-11)6-8-14/h3-8,11-12H2,1-2H3. The zero-order valence-corrected chi connectivity index (χ0v) is 9.70. The zero-order valence-electron chi connectivity index (χ0n) is 9.70. The van der Waals surface area contributed by atoms with Crippen molar-refractivity contribution in [2.75, 3.05) is 39.3 Å². The van der Waals surface area contributed by atoms with E-state index in [1.807, 2.05) is 4.90 Å². The molecule has 15 heavy (non-hydrogen) atoms. The van der Waals surface area contributed by atoms with Crippen molar-refractivity contribution >= 4 is 5.91 Å². The first-order valence-corrected chi connectivity index (χ1v) is 5.46. The number of carbonyl (C=O) groups is 1. The van der Waals surface area contributed by atoms with E-state index in [4.69, 9.17) is 11.5 Å². The first kappa shape index (κ1) is 12.4. The molecule has 0 saturated carbocycles. The number of piperazine rings is 1. The molecular weight excluding hydrogens is 192 g/mol. The maximum Gasteiger partial charge on any atom is 0.242 e. The summed E-state index contributed by atoms with van der Waals surface area (Å²) in [5, 5.41) is 0.